The Kier molecular flexibility index (Phi) is 6.15. The maximum absolute atomic E-state index is 11.6. The number of hydrogen-bond acceptors (Lipinski definition) is 2. The SMILES string of the molecule is C[C@H](NC(=O)NCCCC(=O)O)c1ccccc1Cl. The predicted molar refractivity (Wildman–Crippen MR) is 73.3 cm³/mol. The average Bonchev–Trinajstić information content (AvgIpc) is 2.35. The van der Waals surface area contributed by atoms with Crippen LogP contribution < -0.4 is 10.6 Å². The molecule has 1 atom stereocenters. The average molecular weight is 285 g/mol. The molecule has 0 unspecified atom stereocenters. The van der Waals surface area contributed by atoms with Crippen molar-refractivity contribution >= 4 is 23.6 Å². The van der Waals surface area contributed by atoms with E-state index in [4.69, 9.17) is 16.7 Å². The van der Waals surface area contributed by atoms with Crippen molar-refractivity contribution in [2.45, 2.75) is 25.8 Å². The molecular weight excluding hydrogens is 268 g/mol. The quantitative estimate of drug-likeness (QED) is 0.703. The van der Waals surface area contributed by atoms with Gasteiger partial charge in [-0.3, -0.25) is 4.79 Å². The smallest absolute Gasteiger partial charge is 0.315 e. The third-order valence-electron chi connectivity index (χ3n) is 2.57. The third kappa shape index (κ3) is 5.61. The molecule has 0 aromatic heterocycles. The number of halogens is 1. The highest BCUT2D eigenvalue weighted by atomic mass is 35.5. The van der Waals surface area contributed by atoms with Crippen molar-refractivity contribution in [2.75, 3.05) is 6.54 Å². The molecule has 0 bridgehead atoms. The number of carboxylic acids is 1. The number of amides is 2. The zero-order valence-electron chi connectivity index (χ0n) is 10.6. The first-order valence-electron chi connectivity index (χ1n) is 6.01. The summed E-state index contributed by atoms with van der Waals surface area (Å²) in [4.78, 5) is 21.9. The van der Waals surface area contributed by atoms with Gasteiger partial charge in [0.15, 0.2) is 0 Å². The number of hydrogen-bond donors (Lipinski definition) is 3. The van der Waals surface area contributed by atoms with Crippen LogP contribution in [0.2, 0.25) is 5.02 Å². The van der Waals surface area contributed by atoms with Crippen molar-refractivity contribution < 1.29 is 14.7 Å². The van der Waals surface area contributed by atoms with Gasteiger partial charge in [0.25, 0.3) is 0 Å². The van der Waals surface area contributed by atoms with Crippen molar-refractivity contribution in [3.05, 3.63) is 34.9 Å². The van der Waals surface area contributed by atoms with Gasteiger partial charge in [0.05, 0.1) is 6.04 Å². The number of carbonyl (C=O) groups excluding carboxylic acids is 1. The van der Waals surface area contributed by atoms with E-state index in [1.807, 2.05) is 25.1 Å². The molecule has 0 aliphatic heterocycles. The Balaban J connectivity index is 2.36. The van der Waals surface area contributed by atoms with E-state index in [9.17, 15) is 9.59 Å². The number of aliphatic carboxylic acids is 1. The van der Waals surface area contributed by atoms with Crippen LogP contribution in [0.1, 0.15) is 31.4 Å². The molecule has 0 radical (unpaired) electrons. The van der Waals surface area contributed by atoms with Crippen LogP contribution in [0.4, 0.5) is 4.79 Å². The number of nitrogens with one attached hydrogen (secondary N) is 2. The second-order valence-corrected chi connectivity index (χ2v) is 4.55. The van der Waals surface area contributed by atoms with Gasteiger partial charge in [0.2, 0.25) is 0 Å². The van der Waals surface area contributed by atoms with Crippen molar-refractivity contribution in [3.63, 3.8) is 0 Å². The molecule has 0 saturated carbocycles. The molecule has 104 valence electrons. The minimum atomic E-state index is -0.869. The number of carboxylic acid groups (broad SMARTS) is 1. The van der Waals surface area contributed by atoms with E-state index in [-0.39, 0.29) is 18.5 Å². The summed E-state index contributed by atoms with van der Waals surface area (Å²) in [5.74, 6) is -0.869. The van der Waals surface area contributed by atoms with Crippen LogP contribution in [-0.4, -0.2) is 23.7 Å². The lowest BCUT2D eigenvalue weighted by Crippen LogP contribution is -2.37. The fourth-order valence-electron chi connectivity index (χ4n) is 1.59. The van der Waals surface area contributed by atoms with E-state index in [1.54, 1.807) is 6.07 Å². The second-order valence-electron chi connectivity index (χ2n) is 4.14. The Morgan fingerprint density at radius 2 is 2.05 bits per heavy atom. The Morgan fingerprint density at radius 3 is 2.68 bits per heavy atom. The summed E-state index contributed by atoms with van der Waals surface area (Å²) < 4.78 is 0. The van der Waals surface area contributed by atoms with E-state index in [2.05, 4.69) is 10.6 Å². The second kappa shape index (κ2) is 7.63. The molecule has 1 rings (SSSR count). The Bertz CT molecular complexity index is 451. The predicted octanol–water partition coefficient (Wildman–Crippen LogP) is 2.57. The molecule has 0 aliphatic carbocycles. The van der Waals surface area contributed by atoms with Gasteiger partial charge in [-0.15, -0.1) is 0 Å². The zero-order chi connectivity index (χ0) is 14.3. The first-order valence-corrected chi connectivity index (χ1v) is 6.39. The van der Waals surface area contributed by atoms with Gasteiger partial charge in [-0.05, 0) is 25.0 Å². The Hall–Kier alpha value is -1.75. The molecule has 2 amide bonds. The molecule has 0 heterocycles. The highest BCUT2D eigenvalue weighted by Crippen LogP contribution is 2.21. The van der Waals surface area contributed by atoms with Gasteiger partial charge in [-0.25, -0.2) is 4.79 Å². The zero-order valence-corrected chi connectivity index (χ0v) is 11.4. The summed E-state index contributed by atoms with van der Waals surface area (Å²) >= 11 is 6.03. The molecule has 3 N–H and O–H groups in total. The first kappa shape index (κ1) is 15.3. The van der Waals surface area contributed by atoms with Crippen molar-refractivity contribution in [1.29, 1.82) is 0 Å². The molecule has 5 nitrogen and oxygen atoms in total. The van der Waals surface area contributed by atoms with Crippen molar-refractivity contribution in [3.8, 4) is 0 Å². The third-order valence-corrected chi connectivity index (χ3v) is 2.92. The summed E-state index contributed by atoms with van der Waals surface area (Å²) in [6.07, 6.45) is 0.448. The van der Waals surface area contributed by atoms with Gasteiger partial charge in [-0.2, -0.15) is 0 Å². The molecule has 0 aliphatic rings. The minimum Gasteiger partial charge on any atom is -0.481 e. The van der Waals surface area contributed by atoms with Crippen molar-refractivity contribution in [1.82, 2.24) is 10.6 Å². The highest BCUT2D eigenvalue weighted by Gasteiger charge is 2.11. The standard InChI is InChI=1S/C13H17ClN2O3/c1-9(10-5-2-3-6-11(10)14)16-13(19)15-8-4-7-12(17)18/h2-3,5-6,9H,4,7-8H2,1H3,(H,17,18)(H2,15,16,19)/t9-/m0/s1. The van der Waals surface area contributed by atoms with Crippen LogP contribution in [-0.2, 0) is 4.79 Å². The van der Waals surface area contributed by atoms with Gasteiger partial charge in [0.1, 0.15) is 0 Å². The van der Waals surface area contributed by atoms with Crippen molar-refractivity contribution in [2.24, 2.45) is 0 Å². The topological polar surface area (TPSA) is 78.4 Å². The van der Waals surface area contributed by atoms with Crippen LogP contribution in [0.25, 0.3) is 0 Å². The van der Waals surface area contributed by atoms with E-state index in [1.165, 1.54) is 0 Å². The van der Waals surface area contributed by atoms with Crippen LogP contribution in [0.3, 0.4) is 0 Å². The molecule has 1 aromatic carbocycles. The molecule has 6 heteroatoms. The summed E-state index contributed by atoms with van der Waals surface area (Å²) in [5.41, 5.74) is 0.838. The maximum Gasteiger partial charge on any atom is 0.315 e. The number of benzene rings is 1. The summed E-state index contributed by atoms with van der Waals surface area (Å²) in [6.45, 7) is 2.16. The lowest BCUT2D eigenvalue weighted by molar-refractivity contribution is -0.137. The summed E-state index contributed by atoms with van der Waals surface area (Å²) in [7, 11) is 0. The van der Waals surface area contributed by atoms with E-state index in [0.717, 1.165) is 5.56 Å². The van der Waals surface area contributed by atoms with Crippen LogP contribution >= 0.6 is 11.6 Å². The van der Waals surface area contributed by atoms with Crippen LogP contribution in [0, 0.1) is 0 Å². The fraction of sp³-hybridized carbons (Fsp3) is 0.385. The Labute approximate surface area is 117 Å². The van der Waals surface area contributed by atoms with Gasteiger partial charge in [-0.1, -0.05) is 29.8 Å². The first-order chi connectivity index (χ1) is 9.00. The maximum atomic E-state index is 11.6. The number of carbonyl (C=O) groups is 2. The lowest BCUT2D eigenvalue weighted by Gasteiger charge is -2.16. The number of urea groups is 1. The number of rotatable bonds is 6. The van der Waals surface area contributed by atoms with Crippen LogP contribution in [0.5, 0.6) is 0 Å². The van der Waals surface area contributed by atoms with E-state index >= 15 is 0 Å². The summed E-state index contributed by atoms with van der Waals surface area (Å²) in [5, 5.41) is 14.4. The molecule has 0 saturated heterocycles. The van der Waals surface area contributed by atoms with Crippen LogP contribution in [0.15, 0.2) is 24.3 Å². The minimum absolute atomic E-state index is 0.0420. The Morgan fingerprint density at radius 1 is 1.37 bits per heavy atom. The fourth-order valence-corrected chi connectivity index (χ4v) is 1.89. The van der Waals surface area contributed by atoms with Gasteiger partial charge >= 0.3 is 12.0 Å². The molecule has 19 heavy (non-hydrogen) atoms. The molecule has 0 fully saturated rings. The monoisotopic (exact) mass is 284 g/mol. The van der Waals surface area contributed by atoms with E-state index in [0.29, 0.717) is 18.0 Å². The molecule has 0 spiro atoms. The largest absolute Gasteiger partial charge is 0.481 e. The van der Waals surface area contributed by atoms with Gasteiger partial charge in [0, 0.05) is 18.0 Å². The molecule has 1 aromatic rings. The van der Waals surface area contributed by atoms with Gasteiger partial charge < -0.3 is 15.7 Å². The lowest BCUT2D eigenvalue weighted by atomic mass is 10.1. The normalized spacial score (nSPS) is 11.7. The summed E-state index contributed by atoms with van der Waals surface area (Å²) in [6, 6.07) is 6.73. The highest BCUT2D eigenvalue weighted by molar-refractivity contribution is 6.31. The molecular formula is C13H17ClN2O3. The van der Waals surface area contributed by atoms with E-state index < -0.39 is 5.97 Å².